The third-order valence-electron chi connectivity index (χ3n) is 3.71. The molecule has 0 unspecified atom stereocenters. The zero-order valence-corrected chi connectivity index (χ0v) is 14.5. The minimum atomic E-state index is -0.235. The minimum absolute atomic E-state index is 0.0276. The van der Waals surface area contributed by atoms with Gasteiger partial charge in [0.15, 0.2) is 0 Å². The lowest BCUT2D eigenvalue weighted by atomic mass is 9.98. The SMILES string of the molecule is CC(C)(C)NC(=O)N1CCC[C@@H](c2nnc(-c3cccs3)o2)C1. The number of nitrogens with zero attached hydrogens (tertiary/aromatic N) is 3. The van der Waals surface area contributed by atoms with Crippen LogP contribution < -0.4 is 5.32 Å². The van der Waals surface area contributed by atoms with Gasteiger partial charge in [-0.3, -0.25) is 0 Å². The Balaban J connectivity index is 1.68. The number of carbonyl (C=O) groups is 1. The van der Waals surface area contributed by atoms with Crippen molar-refractivity contribution in [2.24, 2.45) is 0 Å². The van der Waals surface area contributed by atoms with Gasteiger partial charge >= 0.3 is 6.03 Å². The van der Waals surface area contributed by atoms with Crippen LogP contribution in [-0.4, -0.2) is 39.8 Å². The zero-order valence-electron chi connectivity index (χ0n) is 13.7. The average Bonchev–Trinajstić information content (AvgIpc) is 3.17. The number of thiophene rings is 1. The monoisotopic (exact) mass is 334 g/mol. The van der Waals surface area contributed by atoms with Crippen LogP contribution >= 0.6 is 11.3 Å². The molecular weight excluding hydrogens is 312 g/mol. The Bertz CT molecular complexity index is 660. The van der Waals surface area contributed by atoms with Gasteiger partial charge in [-0.2, -0.15) is 0 Å². The number of rotatable bonds is 2. The van der Waals surface area contributed by atoms with Crippen molar-refractivity contribution in [3.05, 3.63) is 23.4 Å². The van der Waals surface area contributed by atoms with Gasteiger partial charge in [0.1, 0.15) is 0 Å². The quantitative estimate of drug-likeness (QED) is 0.912. The summed E-state index contributed by atoms with van der Waals surface area (Å²) in [5.41, 5.74) is -0.235. The van der Waals surface area contributed by atoms with Gasteiger partial charge in [0.25, 0.3) is 5.89 Å². The molecule has 23 heavy (non-hydrogen) atoms. The van der Waals surface area contributed by atoms with Crippen LogP contribution in [0.1, 0.15) is 45.4 Å². The van der Waals surface area contributed by atoms with Gasteiger partial charge in [0.2, 0.25) is 5.89 Å². The van der Waals surface area contributed by atoms with Crippen LogP contribution in [0.2, 0.25) is 0 Å². The first-order valence-electron chi connectivity index (χ1n) is 7.87. The van der Waals surface area contributed by atoms with Gasteiger partial charge in [-0.25, -0.2) is 4.79 Å². The highest BCUT2D eigenvalue weighted by Crippen LogP contribution is 2.30. The molecule has 0 saturated carbocycles. The predicted octanol–water partition coefficient (Wildman–Crippen LogP) is 3.49. The first-order chi connectivity index (χ1) is 10.9. The van der Waals surface area contributed by atoms with E-state index in [1.807, 2.05) is 43.2 Å². The van der Waals surface area contributed by atoms with E-state index in [0.29, 0.717) is 18.3 Å². The summed E-state index contributed by atoms with van der Waals surface area (Å²) in [7, 11) is 0. The molecule has 0 bridgehead atoms. The van der Waals surface area contributed by atoms with E-state index in [9.17, 15) is 4.79 Å². The molecule has 1 atom stereocenters. The normalized spacial score (nSPS) is 18.9. The molecule has 1 fully saturated rings. The molecule has 6 nitrogen and oxygen atoms in total. The van der Waals surface area contributed by atoms with Crippen LogP contribution in [0.5, 0.6) is 0 Å². The molecule has 1 aliphatic heterocycles. The lowest BCUT2D eigenvalue weighted by Gasteiger charge is -2.33. The van der Waals surface area contributed by atoms with E-state index in [4.69, 9.17) is 4.42 Å². The van der Waals surface area contributed by atoms with Crippen molar-refractivity contribution < 1.29 is 9.21 Å². The molecule has 0 radical (unpaired) electrons. The molecule has 2 aromatic heterocycles. The summed E-state index contributed by atoms with van der Waals surface area (Å²) in [6, 6.07) is 3.90. The average molecular weight is 334 g/mol. The van der Waals surface area contributed by atoms with Crippen LogP contribution in [0.4, 0.5) is 4.79 Å². The van der Waals surface area contributed by atoms with Gasteiger partial charge < -0.3 is 14.6 Å². The minimum Gasteiger partial charge on any atom is -0.420 e. The fourth-order valence-electron chi connectivity index (χ4n) is 2.66. The molecule has 1 saturated heterocycles. The van der Waals surface area contributed by atoms with Crippen molar-refractivity contribution in [3.8, 4) is 10.8 Å². The summed E-state index contributed by atoms with van der Waals surface area (Å²) in [4.78, 5) is 15.1. The number of hydrogen-bond donors (Lipinski definition) is 1. The highest BCUT2D eigenvalue weighted by molar-refractivity contribution is 7.13. The number of aromatic nitrogens is 2. The van der Waals surface area contributed by atoms with Gasteiger partial charge in [0.05, 0.1) is 10.8 Å². The third-order valence-corrected chi connectivity index (χ3v) is 4.57. The van der Waals surface area contributed by atoms with E-state index in [2.05, 4.69) is 15.5 Å². The number of nitrogens with one attached hydrogen (secondary N) is 1. The van der Waals surface area contributed by atoms with Crippen LogP contribution in [-0.2, 0) is 0 Å². The van der Waals surface area contributed by atoms with Gasteiger partial charge in [-0.05, 0) is 45.1 Å². The van der Waals surface area contributed by atoms with Crippen LogP contribution in [0.3, 0.4) is 0 Å². The van der Waals surface area contributed by atoms with E-state index in [1.165, 1.54) is 0 Å². The second-order valence-corrected chi connectivity index (χ2v) is 7.84. The highest BCUT2D eigenvalue weighted by Gasteiger charge is 2.29. The lowest BCUT2D eigenvalue weighted by Crippen LogP contribution is -2.51. The van der Waals surface area contributed by atoms with E-state index >= 15 is 0 Å². The molecule has 2 aromatic rings. The van der Waals surface area contributed by atoms with E-state index < -0.39 is 0 Å². The summed E-state index contributed by atoms with van der Waals surface area (Å²) in [5.74, 6) is 1.30. The van der Waals surface area contributed by atoms with Crippen molar-refractivity contribution in [1.82, 2.24) is 20.4 Å². The third kappa shape index (κ3) is 3.90. The molecule has 7 heteroatoms. The standard InChI is InChI=1S/C16H22N4O2S/c1-16(2,3)17-15(21)20-8-4-6-11(10-20)13-18-19-14(22-13)12-7-5-9-23-12/h5,7,9,11H,4,6,8,10H2,1-3H3,(H,17,21)/t11-/m1/s1. The molecule has 1 N–H and O–H groups in total. The van der Waals surface area contributed by atoms with Crippen molar-refractivity contribution in [3.63, 3.8) is 0 Å². The van der Waals surface area contributed by atoms with Gasteiger partial charge in [-0.1, -0.05) is 6.07 Å². The summed E-state index contributed by atoms with van der Waals surface area (Å²) in [6.07, 6.45) is 1.91. The van der Waals surface area contributed by atoms with Crippen LogP contribution in [0.15, 0.2) is 21.9 Å². The lowest BCUT2D eigenvalue weighted by molar-refractivity contribution is 0.167. The number of hydrogen-bond acceptors (Lipinski definition) is 5. The summed E-state index contributed by atoms with van der Waals surface area (Å²) < 4.78 is 5.83. The number of urea groups is 1. The Morgan fingerprint density at radius 1 is 1.43 bits per heavy atom. The summed E-state index contributed by atoms with van der Waals surface area (Å²) in [6.45, 7) is 7.34. The molecular formula is C16H22N4O2S. The maximum absolute atomic E-state index is 12.3. The van der Waals surface area contributed by atoms with E-state index in [0.717, 1.165) is 24.3 Å². The number of carbonyl (C=O) groups excluding carboxylic acids is 1. The Morgan fingerprint density at radius 2 is 2.26 bits per heavy atom. The maximum atomic E-state index is 12.3. The second kappa shape index (κ2) is 6.31. The highest BCUT2D eigenvalue weighted by atomic mass is 32.1. The first-order valence-corrected chi connectivity index (χ1v) is 8.75. The zero-order chi connectivity index (χ0) is 16.4. The van der Waals surface area contributed by atoms with E-state index in [1.54, 1.807) is 11.3 Å². The molecule has 0 aliphatic carbocycles. The Labute approximate surface area is 139 Å². The summed E-state index contributed by atoms with van der Waals surface area (Å²) >= 11 is 1.58. The van der Waals surface area contributed by atoms with Gasteiger partial charge in [-0.15, -0.1) is 21.5 Å². The van der Waals surface area contributed by atoms with E-state index in [-0.39, 0.29) is 17.5 Å². The predicted molar refractivity (Wildman–Crippen MR) is 89.4 cm³/mol. The van der Waals surface area contributed by atoms with Crippen molar-refractivity contribution in [2.75, 3.05) is 13.1 Å². The second-order valence-electron chi connectivity index (χ2n) is 6.89. The smallest absolute Gasteiger partial charge is 0.317 e. The van der Waals surface area contributed by atoms with Crippen molar-refractivity contribution >= 4 is 17.4 Å². The Hall–Kier alpha value is -1.89. The maximum Gasteiger partial charge on any atom is 0.317 e. The van der Waals surface area contributed by atoms with Crippen molar-refractivity contribution in [1.29, 1.82) is 0 Å². The van der Waals surface area contributed by atoms with Crippen LogP contribution in [0.25, 0.3) is 10.8 Å². The molecule has 2 amide bonds. The molecule has 3 rings (SSSR count). The molecule has 3 heterocycles. The molecule has 0 spiro atoms. The Morgan fingerprint density at radius 3 is 2.96 bits per heavy atom. The summed E-state index contributed by atoms with van der Waals surface area (Å²) in [5, 5.41) is 13.3. The fourth-order valence-corrected chi connectivity index (χ4v) is 3.31. The number of amides is 2. The fraction of sp³-hybridized carbons (Fsp3) is 0.562. The topological polar surface area (TPSA) is 71.3 Å². The Kier molecular flexibility index (Phi) is 4.39. The van der Waals surface area contributed by atoms with Gasteiger partial charge in [0, 0.05) is 18.6 Å². The molecule has 124 valence electrons. The largest absolute Gasteiger partial charge is 0.420 e. The molecule has 1 aliphatic rings. The number of piperidine rings is 1. The first kappa shape index (κ1) is 16.0. The molecule has 0 aromatic carbocycles. The number of likely N-dealkylation sites (tertiary alicyclic amines) is 1. The van der Waals surface area contributed by atoms with Crippen LogP contribution in [0, 0.1) is 0 Å². The van der Waals surface area contributed by atoms with Crippen molar-refractivity contribution in [2.45, 2.75) is 45.1 Å².